The second-order valence-corrected chi connectivity index (χ2v) is 7.48. The van der Waals surface area contributed by atoms with Crippen LogP contribution in [0.1, 0.15) is 29.8 Å². The highest BCUT2D eigenvalue weighted by Gasteiger charge is 2.14. The molecule has 0 bridgehead atoms. The van der Waals surface area contributed by atoms with Crippen LogP contribution in [-0.2, 0) is 4.79 Å². The van der Waals surface area contributed by atoms with Crippen LogP contribution < -0.4 is 10.7 Å². The van der Waals surface area contributed by atoms with E-state index in [1.54, 1.807) is 43.3 Å². The van der Waals surface area contributed by atoms with Gasteiger partial charge in [-0.2, -0.15) is 5.10 Å². The maximum atomic E-state index is 13.3. The van der Waals surface area contributed by atoms with Crippen LogP contribution in [0, 0.1) is 5.82 Å². The van der Waals surface area contributed by atoms with Gasteiger partial charge in [0, 0.05) is 23.6 Å². The minimum atomic E-state index is -0.394. The first-order valence-corrected chi connectivity index (χ1v) is 10.3. The van der Waals surface area contributed by atoms with Gasteiger partial charge in [-0.1, -0.05) is 30.3 Å². The Bertz CT molecular complexity index is 1380. The fraction of sp³-hybridized carbons (Fsp3) is 0.0769. The van der Waals surface area contributed by atoms with E-state index in [-0.39, 0.29) is 11.7 Å². The molecule has 0 aliphatic rings. The summed E-state index contributed by atoms with van der Waals surface area (Å²) in [4.78, 5) is 29.0. The molecule has 2 amide bonds. The van der Waals surface area contributed by atoms with Crippen molar-refractivity contribution in [1.29, 1.82) is 0 Å². The zero-order chi connectivity index (χ0) is 23.4. The third kappa shape index (κ3) is 5.10. The standard InChI is InChI=1S/C26H21FN4O2/c1-16(19-6-5-7-21(14-19)28-17(2)32)30-31-26(33)23-15-25(18-10-12-20(27)13-11-18)29-24-9-4-3-8-22(23)24/h3-15H,1-2H3,(H,28,32)(H,31,33). The number of carbonyl (C=O) groups is 2. The first-order valence-electron chi connectivity index (χ1n) is 10.3. The van der Waals surface area contributed by atoms with Gasteiger partial charge in [0.05, 0.1) is 22.5 Å². The molecule has 33 heavy (non-hydrogen) atoms. The maximum absolute atomic E-state index is 13.3. The number of aromatic nitrogens is 1. The van der Waals surface area contributed by atoms with Crippen molar-refractivity contribution in [1.82, 2.24) is 10.4 Å². The number of halogens is 1. The Morgan fingerprint density at radius 2 is 1.67 bits per heavy atom. The summed E-state index contributed by atoms with van der Waals surface area (Å²) in [7, 11) is 0. The molecule has 3 aromatic carbocycles. The zero-order valence-electron chi connectivity index (χ0n) is 18.1. The Morgan fingerprint density at radius 3 is 2.42 bits per heavy atom. The van der Waals surface area contributed by atoms with Crippen molar-refractivity contribution in [2.45, 2.75) is 13.8 Å². The van der Waals surface area contributed by atoms with E-state index in [1.807, 2.05) is 30.3 Å². The van der Waals surface area contributed by atoms with E-state index in [0.717, 1.165) is 5.56 Å². The quantitative estimate of drug-likeness (QED) is 0.332. The maximum Gasteiger partial charge on any atom is 0.272 e. The average Bonchev–Trinajstić information content (AvgIpc) is 2.82. The van der Waals surface area contributed by atoms with Gasteiger partial charge in [-0.3, -0.25) is 9.59 Å². The van der Waals surface area contributed by atoms with Crippen molar-refractivity contribution in [3.63, 3.8) is 0 Å². The zero-order valence-corrected chi connectivity index (χ0v) is 18.1. The van der Waals surface area contributed by atoms with E-state index in [9.17, 15) is 14.0 Å². The third-order valence-corrected chi connectivity index (χ3v) is 5.03. The highest BCUT2D eigenvalue weighted by molar-refractivity contribution is 6.08. The molecule has 2 N–H and O–H groups in total. The number of rotatable bonds is 5. The number of para-hydroxylation sites is 1. The number of nitrogens with zero attached hydrogens (tertiary/aromatic N) is 2. The molecule has 0 saturated heterocycles. The molecule has 7 heteroatoms. The number of fused-ring (bicyclic) bond motifs is 1. The van der Waals surface area contributed by atoms with Gasteiger partial charge in [0.25, 0.3) is 5.91 Å². The van der Waals surface area contributed by atoms with E-state index in [4.69, 9.17) is 0 Å². The summed E-state index contributed by atoms with van der Waals surface area (Å²) in [6.07, 6.45) is 0. The number of anilines is 1. The van der Waals surface area contributed by atoms with Gasteiger partial charge >= 0.3 is 0 Å². The number of benzene rings is 3. The van der Waals surface area contributed by atoms with Crippen molar-refractivity contribution in [2.24, 2.45) is 5.10 Å². The van der Waals surface area contributed by atoms with Crippen LogP contribution in [0.4, 0.5) is 10.1 Å². The molecule has 164 valence electrons. The number of nitrogens with one attached hydrogen (secondary N) is 2. The number of amides is 2. The summed E-state index contributed by atoms with van der Waals surface area (Å²) in [5, 5.41) is 7.65. The van der Waals surface area contributed by atoms with Gasteiger partial charge in [-0.25, -0.2) is 14.8 Å². The summed E-state index contributed by atoms with van der Waals surface area (Å²) >= 11 is 0. The highest BCUT2D eigenvalue weighted by Crippen LogP contribution is 2.25. The molecule has 1 aromatic heterocycles. The number of hydrazone groups is 1. The van der Waals surface area contributed by atoms with E-state index in [2.05, 4.69) is 20.8 Å². The van der Waals surface area contributed by atoms with Crippen molar-refractivity contribution in [3.8, 4) is 11.3 Å². The lowest BCUT2D eigenvalue weighted by molar-refractivity contribution is -0.114. The Kier molecular flexibility index (Phi) is 6.22. The van der Waals surface area contributed by atoms with Gasteiger partial charge in [0.2, 0.25) is 5.91 Å². The molecule has 4 rings (SSSR count). The van der Waals surface area contributed by atoms with Crippen LogP contribution in [0.25, 0.3) is 22.2 Å². The monoisotopic (exact) mass is 440 g/mol. The Balaban J connectivity index is 1.65. The number of hydrogen-bond acceptors (Lipinski definition) is 4. The second-order valence-electron chi connectivity index (χ2n) is 7.48. The predicted molar refractivity (Wildman–Crippen MR) is 128 cm³/mol. The average molecular weight is 440 g/mol. The number of pyridine rings is 1. The molecule has 0 radical (unpaired) electrons. The van der Waals surface area contributed by atoms with E-state index in [1.165, 1.54) is 19.1 Å². The minimum Gasteiger partial charge on any atom is -0.326 e. The normalized spacial score (nSPS) is 11.3. The Labute approximate surface area is 190 Å². The number of hydrogen-bond donors (Lipinski definition) is 2. The van der Waals surface area contributed by atoms with E-state index < -0.39 is 5.91 Å². The number of carbonyl (C=O) groups excluding carboxylic acids is 2. The lowest BCUT2D eigenvalue weighted by atomic mass is 10.0. The Morgan fingerprint density at radius 1 is 0.909 bits per heavy atom. The molecule has 1 heterocycles. The molecule has 0 atom stereocenters. The fourth-order valence-corrected chi connectivity index (χ4v) is 3.42. The lowest BCUT2D eigenvalue weighted by Crippen LogP contribution is -2.20. The van der Waals surface area contributed by atoms with Crippen LogP contribution in [0.2, 0.25) is 0 Å². The van der Waals surface area contributed by atoms with Crippen molar-refractivity contribution < 1.29 is 14.0 Å². The van der Waals surface area contributed by atoms with E-state index >= 15 is 0 Å². The molecule has 0 aliphatic heterocycles. The smallest absolute Gasteiger partial charge is 0.272 e. The topological polar surface area (TPSA) is 83.5 Å². The third-order valence-electron chi connectivity index (χ3n) is 5.03. The van der Waals surface area contributed by atoms with Crippen LogP contribution in [0.3, 0.4) is 0 Å². The molecule has 0 saturated carbocycles. The summed E-state index contributed by atoms with van der Waals surface area (Å²) in [5.41, 5.74) is 6.90. The summed E-state index contributed by atoms with van der Waals surface area (Å²) < 4.78 is 13.3. The minimum absolute atomic E-state index is 0.170. The van der Waals surface area contributed by atoms with Crippen molar-refractivity contribution in [3.05, 3.63) is 95.8 Å². The summed E-state index contributed by atoms with van der Waals surface area (Å²) in [6, 6.07) is 22.1. The summed E-state index contributed by atoms with van der Waals surface area (Å²) in [6.45, 7) is 3.20. The van der Waals surface area contributed by atoms with E-state index in [0.29, 0.717) is 39.1 Å². The van der Waals surface area contributed by atoms with Crippen molar-refractivity contribution in [2.75, 3.05) is 5.32 Å². The van der Waals surface area contributed by atoms with Crippen molar-refractivity contribution >= 4 is 34.1 Å². The predicted octanol–water partition coefficient (Wildman–Crippen LogP) is 5.15. The lowest BCUT2D eigenvalue weighted by Gasteiger charge is -2.10. The highest BCUT2D eigenvalue weighted by atomic mass is 19.1. The second kappa shape index (κ2) is 9.40. The first kappa shape index (κ1) is 21.8. The largest absolute Gasteiger partial charge is 0.326 e. The van der Waals surface area contributed by atoms with Gasteiger partial charge in [0.1, 0.15) is 5.82 Å². The molecular formula is C26H21FN4O2. The molecule has 0 unspecified atom stereocenters. The molecule has 6 nitrogen and oxygen atoms in total. The fourth-order valence-electron chi connectivity index (χ4n) is 3.42. The molecule has 0 aliphatic carbocycles. The first-order chi connectivity index (χ1) is 15.9. The molecule has 4 aromatic rings. The molecular weight excluding hydrogens is 419 g/mol. The van der Waals surface area contributed by atoms with Crippen LogP contribution >= 0.6 is 0 Å². The van der Waals surface area contributed by atoms with Crippen LogP contribution in [-0.4, -0.2) is 22.5 Å². The van der Waals surface area contributed by atoms with Gasteiger partial charge in [0.15, 0.2) is 0 Å². The van der Waals surface area contributed by atoms with Gasteiger partial charge < -0.3 is 5.32 Å². The van der Waals surface area contributed by atoms with Crippen LogP contribution in [0.15, 0.2) is 84.0 Å². The van der Waals surface area contributed by atoms with Crippen LogP contribution in [0.5, 0.6) is 0 Å². The SMILES string of the molecule is CC(=O)Nc1cccc(C(C)=NNC(=O)c2cc(-c3ccc(F)cc3)nc3ccccc23)c1. The molecule has 0 spiro atoms. The van der Waals surface area contributed by atoms with Gasteiger partial charge in [-0.05, 0) is 61.0 Å². The molecule has 0 fully saturated rings. The summed E-state index contributed by atoms with van der Waals surface area (Å²) in [5.74, 6) is -0.907. The van der Waals surface area contributed by atoms with Gasteiger partial charge in [-0.15, -0.1) is 0 Å². The Hall–Kier alpha value is -4.39.